The molecule has 0 unspecified atom stereocenters. The monoisotopic (exact) mass is 325 g/mol. The van der Waals surface area contributed by atoms with Crippen molar-refractivity contribution in [2.75, 3.05) is 12.3 Å². The van der Waals surface area contributed by atoms with Crippen molar-refractivity contribution in [2.24, 2.45) is 7.05 Å². The van der Waals surface area contributed by atoms with Crippen LogP contribution in [0.25, 0.3) is 0 Å². The van der Waals surface area contributed by atoms with Gasteiger partial charge >= 0.3 is 5.97 Å². The van der Waals surface area contributed by atoms with Crippen LogP contribution in [0.1, 0.15) is 23.0 Å². The van der Waals surface area contributed by atoms with Crippen molar-refractivity contribution < 1.29 is 9.53 Å². The molecule has 1 aromatic heterocycles. The highest BCUT2D eigenvalue weighted by Crippen LogP contribution is 2.31. The van der Waals surface area contributed by atoms with E-state index in [1.807, 2.05) is 6.07 Å². The van der Waals surface area contributed by atoms with Crippen LogP contribution in [0.4, 0.5) is 5.69 Å². The summed E-state index contributed by atoms with van der Waals surface area (Å²) >= 11 is 7.67. The number of halogens is 1. The van der Waals surface area contributed by atoms with E-state index in [1.54, 1.807) is 30.8 Å². The Morgan fingerprint density at radius 3 is 2.95 bits per heavy atom. The molecule has 112 valence electrons. The first-order valence-electron chi connectivity index (χ1n) is 6.38. The molecule has 0 bridgehead atoms. The third-order valence-electron chi connectivity index (χ3n) is 2.88. The van der Waals surface area contributed by atoms with Crippen molar-refractivity contribution in [1.29, 1.82) is 0 Å². The summed E-state index contributed by atoms with van der Waals surface area (Å²) in [5.41, 5.74) is 7.58. The van der Waals surface area contributed by atoms with E-state index in [0.717, 1.165) is 10.6 Å². The van der Waals surface area contributed by atoms with E-state index < -0.39 is 0 Å². The molecule has 0 fully saturated rings. The molecule has 0 aliphatic carbocycles. The van der Waals surface area contributed by atoms with Gasteiger partial charge in [-0.05, 0) is 25.1 Å². The Kier molecular flexibility index (Phi) is 5.14. The largest absolute Gasteiger partial charge is 0.462 e. The Labute approximate surface area is 132 Å². The van der Waals surface area contributed by atoms with E-state index in [1.165, 1.54) is 18.0 Å². The summed E-state index contributed by atoms with van der Waals surface area (Å²) in [6, 6.07) is 5.37. The number of rotatable bonds is 5. The molecule has 2 aromatic rings. The molecule has 0 atom stereocenters. The van der Waals surface area contributed by atoms with Crippen LogP contribution in [0.2, 0.25) is 5.02 Å². The summed E-state index contributed by atoms with van der Waals surface area (Å²) in [5, 5.41) is 4.72. The van der Waals surface area contributed by atoms with Crippen LogP contribution in [0, 0.1) is 0 Å². The summed E-state index contributed by atoms with van der Waals surface area (Å²) in [6.07, 6.45) is 1.53. The molecule has 5 nitrogen and oxygen atoms in total. The third-order valence-corrected chi connectivity index (χ3v) is 4.39. The number of hydrogen-bond acceptors (Lipinski definition) is 5. The summed E-state index contributed by atoms with van der Waals surface area (Å²) in [4.78, 5) is 12.8. The summed E-state index contributed by atoms with van der Waals surface area (Å²) in [7, 11) is 1.79. The predicted octanol–water partition coefficient (Wildman–Crippen LogP) is 3.12. The molecule has 0 aliphatic rings. The Balaban J connectivity index is 2.16. The van der Waals surface area contributed by atoms with E-state index in [0.29, 0.717) is 28.6 Å². The Bertz CT molecular complexity index is 658. The third kappa shape index (κ3) is 3.71. The molecule has 21 heavy (non-hydrogen) atoms. The first kappa shape index (κ1) is 15.7. The molecular formula is C14H16ClN3O2S. The molecule has 1 heterocycles. The minimum atomic E-state index is -0.357. The number of nitrogens with zero attached hydrogens (tertiary/aromatic N) is 2. The highest BCUT2D eigenvalue weighted by Gasteiger charge is 2.17. The lowest BCUT2D eigenvalue weighted by atomic mass is 10.3. The average Bonchev–Trinajstić information content (AvgIpc) is 2.79. The second kappa shape index (κ2) is 6.87. The smallest absolute Gasteiger partial charge is 0.341 e. The van der Waals surface area contributed by atoms with Crippen molar-refractivity contribution in [3.8, 4) is 0 Å². The van der Waals surface area contributed by atoms with Crippen molar-refractivity contribution in [2.45, 2.75) is 17.6 Å². The fourth-order valence-electron chi connectivity index (χ4n) is 1.79. The number of hydrogen-bond donors (Lipinski definition) is 1. The maximum Gasteiger partial charge on any atom is 0.341 e. The molecule has 0 saturated heterocycles. The zero-order chi connectivity index (χ0) is 15.4. The zero-order valence-electron chi connectivity index (χ0n) is 11.8. The SMILES string of the molecule is CCOC(=O)c1cnn(C)c1CSc1ccc(N)cc1Cl. The normalized spacial score (nSPS) is 10.6. The highest BCUT2D eigenvalue weighted by molar-refractivity contribution is 7.98. The van der Waals surface area contributed by atoms with Crippen LogP contribution in [0.15, 0.2) is 29.3 Å². The number of esters is 1. The number of carbonyl (C=O) groups is 1. The number of ether oxygens (including phenoxy) is 1. The first-order chi connectivity index (χ1) is 10.0. The lowest BCUT2D eigenvalue weighted by molar-refractivity contribution is 0.0525. The second-order valence-corrected chi connectivity index (χ2v) is 5.75. The molecule has 2 rings (SSSR count). The molecule has 7 heteroatoms. The van der Waals surface area contributed by atoms with Gasteiger partial charge in [-0.1, -0.05) is 11.6 Å². The molecule has 1 aromatic carbocycles. The average molecular weight is 326 g/mol. The maximum atomic E-state index is 11.9. The number of nitrogen functional groups attached to an aromatic ring is 1. The summed E-state index contributed by atoms with van der Waals surface area (Å²) in [5.74, 6) is 0.207. The lowest BCUT2D eigenvalue weighted by Crippen LogP contribution is -2.08. The van der Waals surface area contributed by atoms with Crippen molar-refractivity contribution >= 4 is 35.0 Å². The van der Waals surface area contributed by atoms with Crippen LogP contribution >= 0.6 is 23.4 Å². The minimum absolute atomic E-state index is 0.337. The maximum absolute atomic E-state index is 11.9. The van der Waals surface area contributed by atoms with Gasteiger partial charge in [-0.3, -0.25) is 4.68 Å². The standard InChI is InChI=1S/C14H16ClN3O2S/c1-3-20-14(19)10-7-17-18(2)12(10)8-21-13-5-4-9(16)6-11(13)15/h4-7H,3,8,16H2,1-2H3. The number of benzene rings is 1. The van der Waals surface area contributed by atoms with Gasteiger partial charge in [0.2, 0.25) is 0 Å². The number of nitrogens with two attached hydrogens (primary N) is 1. The van der Waals surface area contributed by atoms with Crippen LogP contribution in [0.3, 0.4) is 0 Å². The van der Waals surface area contributed by atoms with E-state index in [-0.39, 0.29) is 5.97 Å². The molecule has 0 radical (unpaired) electrons. The lowest BCUT2D eigenvalue weighted by Gasteiger charge is -2.07. The summed E-state index contributed by atoms with van der Waals surface area (Å²) < 4.78 is 6.70. The van der Waals surface area contributed by atoms with Crippen LogP contribution < -0.4 is 5.73 Å². The molecule has 0 spiro atoms. The van der Waals surface area contributed by atoms with Gasteiger partial charge in [0.1, 0.15) is 5.56 Å². The van der Waals surface area contributed by atoms with Gasteiger partial charge in [0.05, 0.1) is 23.5 Å². The van der Waals surface area contributed by atoms with E-state index in [2.05, 4.69) is 5.10 Å². The van der Waals surface area contributed by atoms with Gasteiger partial charge in [-0.25, -0.2) is 4.79 Å². The number of carbonyl (C=O) groups excluding carboxylic acids is 1. The molecular weight excluding hydrogens is 310 g/mol. The van der Waals surface area contributed by atoms with Gasteiger partial charge in [0.15, 0.2) is 0 Å². The minimum Gasteiger partial charge on any atom is -0.462 e. The molecule has 2 N–H and O–H groups in total. The Morgan fingerprint density at radius 1 is 1.52 bits per heavy atom. The number of thioether (sulfide) groups is 1. The Morgan fingerprint density at radius 2 is 2.29 bits per heavy atom. The Hall–Kier alpha value is -1.66. The fourth-order valence-corrected chi connectivity index (χ4v) is 3.14. The quantitative estimate of drug-likeness (QED) is 0.519. The second-order valence-electron chi connectivity index (χ2n) is 4.33. The number of anilines is 1. The van der Waals surface area contributed by atoms with Crippen LogP contribution in [0.5, 0.6) is 0 Å². The fraction of sp³-hybridized carbons (Fsp3) is 0.286. The van der Waals surface area contributed by atoms with Gasteiger partial charge in [-0.15, -0.1) is 11.8 Å². The molecule has 0 aliphatic heterocycles. The first-order valence-corrected chi connectivity index (χ1v) is 7.75. The van der Waals surface area contributed by atoms with Gasteiger partial charge in [0, 0.05) is 23.4 Å². The van der Waals surface area contributed by atoms with Gasteiger partial charge < -0.3 is 10.5 Å². The van der Waals surface area contributed by atoms with E-state index in [9.17, 15) is 4.79 Å². The predicted molar refractivity (Wildman–Crippen MR) is 84.6 cm³/mol. The van der Waals surface area contributed by atoms with Crippen molar-refractivity contribution in [3.05, 3.63) is 40.7 Å². The molecule has 0 saturated carbocycles. The van der Waals surface area contributed by atoms with Crippen LogP contribution in [-0.4, -0.2) is 22.4 Å². The summed E-state index contributed by atoms with van der Waals surface area (Å²) in [6.45, 7) is 2.11. The number of aryl methyl sites for hydroxylation is 1. The number of aromatic nitrogens is 2. The zero-order valence-corrected chi connectivity index (χ0v) is 13.4. The van der Waals surface area contributed by atoms with Gasteiger partial charge in [-0.2, -0.15) is 5.10 Å². The molecule has 0 amide bonds. The van der Waals surface area contributed by atoms with E-state index >= 15 is 0 Å². The van der Waals surface area contributed by atoms with Crippen LogP contribution in [-0.2, 0) is 17.5 Å². The highest BCUT2D eigenvalue weighted by atomic mass is 35.5. The van der Waals surface area contributed by atoms with Crippen molar-refractivity contribution in [1.82, 2.24) is 9.78 Å². The topological polar surface area (TPSA) is 70.1 Å². The van der Waals surface area contributed by atoms with E-state index in [4.69, 9.17) is 22.1 Å². The van der Waals surface area contributed by atoms with Crippen molar-refractivity contribution in [3.63, 3.8) is 0 Å². The van der Waals surface area contributed by atoms with Gasteiger partial charge in [0.25, 0.3) is 0 Å².